The van der Waals surface area contributed by atoms with E-state index in [4.69, 9.17) is 28.9 Å². The largest absolute Gasteiger partial charge is 0.396 e. The van der Waals surface area contributed by atoms with Crippen LogP contribution in [0.3, 0.4) is 0 Å². The molecule has 1 aliphatic rings. The normalized spacial score (nSPS) is 20.8. The molecule has 6 nitrogen and oxygen atoms in total. The summed E-state index contributed by atoms with van der Waals surface area (Å²) in [6.07, 6.45) is 8.04. The highest BCUT2D eigenvalue weighted by molar-refractivity contribution is 7.97. The van der Waals surface area contributed by atoms with Gasteiger partial charge >= 0.3 is 0 Å². The van der Waals surface area contributed by atoms with Crippen LogP contribution in [-0.4, -0.2) is 26.8 Å². The molecule has 1 aromatic carbocycles. The predicted molar refractivity (Wildman–Crippen MR) is 114 cm³/mol. The second-order valence-electron chi connectivity index (χ2n) is 7.35. The number of carbonyl (C=O) groups excluding carboxylic acids is 1. The Morgan fingerprint density at radius 1 is 1.25 bits per heavy atom. The number of nitrogens with one attached hydrogen (secondary N) is 1. The Morgan fingerprint density at radius 3 is 2.46 bits per heavy atom. The number of nitrogens with two attached hydrogens (primary N) is 1. The molecular formula is C19H25Cl2N5OS. The van der Waals surface area contributed by atoms with E-state index in [1.54, 1.807) is 29.3 Å². The zero-order chi connectivity index (χ0) is 20.1. The number of nitrogens with zero attached hydrogens (tertiary/aromatic N) is 3. The van der Waals surface area contributed by atoms with Gasteiger partial charge in [0.15, 0.2) is 5.78 Å². The van der Waals surface area contributed by atoms with E-state index in [9.17, 15) is 4.79 Å². The molecule has 1 saturated carbocycles. The smallest absolute Gasteiger partial charge is 0.153 e. The molecule has 3 N–H and O–H groups in total. The summed E-state index contributed by atoms with van der Waals surface area (Å²) in [5.41, 5.74) is 6.16. The van der Waals surface area contributed by atoms with Crippen molar-refractivity contribution in [3.63, 3.8) is 0 Å². The van der Waals surface area contributed by atoms with Crippen molar-refractivity contribution in [2.45, 2.75) is 56.5 Å². The summed E-state index contributed by atoms with van der Waals surface area (Å²) in [6, 6.07) is 3.20. The van der Waals surface area contributed by atoms with Gasteiger partial charge in [-0.25, -0.2) is 4.72 Å². The molecule has 2 aromatic rings. The molecule has 0 amide bonds. The molecule has 1 fully saturated rings. The zero-order valence-electron chi connectivity index (χ0n) is 15.8. The summed E-state index contributed by atoms with van der Waals surface area (Å²) in [4.78, 5) is 15.6. The average molecular weight is 442 g/mol. The zero-order valence-corrected chi connectivity index (χ0v) is 18.1. The van der Waals surface area contributed by atoms with Gasteiger partial charge in [0, 0.05) is 10.8 Å². The average Bonchev–Trinajstić information content (AvgIpc) is 3.19. The number of anilines is 1. The second kappa shape index (κ2) is 9.96. The minimum Gasteiger partial charge on any atom is -0.396 e. The van der Waals surface area contributed by atoms with E-state index in [0.29, 0.717) is 34.6 Å². The summed E-state index contributed by atoms with van der Waals surface area (Å²) < 4.78 is 3.32. The number of Topliss-reactive ketones (excluding diaryl/α,β-unsaturated/α-hetero) is 1. The van der Waals surface area contributed by atoms with E-state index in [1.165, 1.54) is 11.9 Å². The maximum atomic E-state index is 13.2. The molecule has 0 radical (unpaired) electrons. The summed E-state index contributed by atoms with van der Waals surface area (Å²) in [5.74, 6) is 1.08. The molecule has 1 unspecified atom stereocenters. The van der Waals surface area contributed by atoms with Crippen LogP contribution in [0, 0.1) is 11.8 Å². The molecule has 1 atom stereocenters. The summed E-state index contributed by atoms with van der Waals surface area (Å²) in [5, 5.41) is 9.07. The number of carbonyl (C=O) groups is 1. The van der Waals surface area contributed by atoms with Crippen molar-refractivity contribution >= 4 is 46.6 Å². The lowest BCUT2D eigenvalue weighted by Crippen LogP contribution is -2.39. The number of aryl methyl sites for hydroxylation is 1. The first-order valence-corrected chi connectivity index (χ1v) is 11.1. The van der Waals surface area contributed by atoms with Crippen molar-refractivity contribution in [2.75, 3.05) is 5.73 Å². The topological polar surface area (TPSA) is 85.8 Å². The Labute approximate surface area is 179 Å². The molecule has 9 heteroatoms. The quantitative estimate of drug-likeness (QED) is 0.459. The minimum absolute atomic E-state index is 0.110. The van der Waals surface area contributed by atoms with Crippen LogP contribution in [0.2, 0.25) is 10.0 Å². The fourth-order valence-corrected chi connectivity index (χ4v) is 4.93. The van der Waals surface area contributed by atoms with Crippen LogP contribution in [0.5, 0.6) is 0 Å². The third-order valence-corrected chi connectivity index (χ3v) is 6.72. The van der Waals surface area contributed by atoms with Crippen molar-refractivity contribution < 1.29 is 4.79 Å². The highest BCUT2D eigenvalue weighted by atomic mass is 35.5. The number of ketones is 1. The molecule has 3 rings (SSSR count). The van der Waals surface area contributed by atoms with Gasteiger partial charge in [-0.2, -0.15) is 15.0 Å². The molecule has 0 spiro atoms. The van der Waals surface area contributed by atoms with E-state index < -0.39 is 0 Å². The van der Waals surface area contributed by atoms with Crippen molar-refractivity contribution in [3.8, 4) is 0 Å². The van der Waals surface area contributed by atoms with Crippen molar-refractivity contribution in [3.05, 3.63) is 34.6 Å². The van der Waals surface area contributed by atoms with Gasteiger partial charge in [-0.3, -0.25) is 4.79 Å². The lowest BCUT2D eigenvalue weighted by Gasteiger charge is -2.28. The first-order chi connectivity index (χ1) is 13.4. The number of hydrogen-bond acceptors (Lipinski definition) is 6. The summed E-state index contributed by atoms with van der Waals surface area (Å²) >= 11 is 13.6. The molecule has 1 heterocycles. The first-order valence-electron chi connectivity index (χ1n) is 9.48. The molecule has 0 aliphatic heterocycles. The number of aromatic nitrogens is 3. The lowest BCUT2D eigenvalue weighted by atomic mass is 9.79. The number of benzene rings is 1. The van der Waals surface area contributed by atoms with Crippen LogP contribution in [0.4, 0.5) is 5.69 Å². The molecule has 1 aliphatic carbocycles. The van der Waals surface area contributed by atoms with Gasteiger partial charge < -0.3 is 5.73 Å². The number of halogens is 2. The highest BCUT2D eigenvalue weighted by Crippen LogP contribution is 2.33. The monoisotopic (exact) mass is 441 g/mol. The van der Waals surface area contributed by atoms with Crippen LogP contribution in [0.25, 0.3) is 0 Å². The van der Waals surface area contributed by atoms with E-state index in [-0.39, 0.29) is 17.7 Å². The fourth-order valence-electron chi connectivity index (χ4n) is 3.45. The maximum absolute atomic E-state index is 13.2. The summed E-state index contributed by atoms with van der Waals surface area (Å²) in [7, 11) is 0. The van der Waals surface area contributed by atoms with Crippen LogP contribution in [-0.2, 0) is 11.3 Å². The number of hydrogen-bond donors (Lipinski definition) is 2. The molecule has 0 saturated heterocycles. The van der Waals surface area contributed by atoms with Crippen LogP contribution in [0.1, 0.15) is 39.0 Å². The SMILES string of the molecule is CC1CCC(C(=O)C(CCn2nccn2)NSc2cc(Cl)c(N)c(Cl)c2)CC1. The predicted octanol–water partition coefficient (Wildman–Crippen LogP) is 4.62. The minimum atomic E-state index is -0.301. The molecule has 0 bridgehead atoms. The number of nitrogen functional groups attached to an aromatic ring is 1. The van der Waals surface area contributed by atoms with Crippen LogP contribution >= 0.6 is 35.1 Å². The van der Waals surface area contributed by atoms with Gasteiger partial charge in [0.1, 0.15) is 0 Å². The van der Waals surface area contributed by atoms with Gasteiger partial charge in [-0.05, 0) is 49.3 Å². The third kappa shape index (κ3) is 5.63. The Balaban J connectivity index is 1.67. The van der Waals surface area contributed by atoms with E-state index in [2.05, 4.69) is 21.8 Å². The Bertz CT molecular complexity index is 771. The van der Waals surface area contributed by atoms with Crippen molar-refractivity contribution in [2.24, 2.45) is 11.8 Å². The van der Waals surface area contributed by atoms with Gasteiger partial charge in [0.2, 0.25) is 0 Å². The molecule has 152 valence electrons. The highest BCUT2D eigenvalue weighted by Gasteiger charge is 2.30. The second-order valence-corrected chi connectivity index (χ2v) is 9.07. The number of rotatable bonds is 8. The van der Waals surface area contributed by atoms with E-state index in [1.807, 2.05) is 0 Å². The van der Waals surface area contributed by atoms with Crippen LogP contribution in [0.15, 0.2) is 29.4 Å². The Kier molecular flexibility index (Phi) is 7.62. The molecule has 1 aromatic heterocycles. The Hall–Kier alpha value is -1.28. The van der Waals surface area contributed by atoms with Crippen molar-refractivity contribution in [1.82, 2.24) is 19.7 Å². The standard InChI is InChI=1S/C19H25Cl2N5OS/c1-12-2-4-13(5-3-12)19(27)17(6-9-26-23-7-8-24-26)25-28-14-10-15(20)18(22)16(21)11-14/h7-8,10-13,17,25H,2-6,9,22H2,1H3. The van der Waals surface area contributed by atoms with E-state index >= 15 is 0 Å². The van der Waals surface area contributed by atoms with Gasteiger partial charge in [-0.15, -0.1) is 0 Å². The van der Waals surface area contributed by atoms with Crippen LogP contribution < -0.4 is 10.5 Å². The van der Waals surface area contributed by atoms with Gasteiger partial charge in [-0.1, -0.05) is 43.0 Å². The fraction of sp³-hybridized carbons (Fsp3) is 0.526. The van der Waals surface area contributed by atoms with Gasteiger partial charge in [0.25, 0.3) is 0 Å². The molecular weight excluding hydrogens is 417 g/mol. The van der Waals surface area contributed by atoms with Gasteiger partial charge in [0.05, 0.1) is 40.7 Å². The summed E-state index contributed by atoms with van der Waals surface area (Å²) in [6.45, 7) is 2.83. The first kappa shape index (κ1) is 21.4. The van der Waals surface area contributed by atoms with E-state index in [0.717, 1.165) is 30.6 Å². The third-order valence-electron chi connectivity index (χ3n) is 5.22. The molecule has 28 heavy (non-hydrogen) atoms. The Morgan fingerprint density at radius 2 is 1.86 bits per heavy atom. The lowest BCUT2D eigenvalue weighted by molar-refractivity contribution is -0.125. The van der Waals surface area contributed by atoms with Crippen molar-refractivity contribution in [1.29, 1.82) is 0 Å². The maximum Gasteiger partial charge on any atom is 0.153 e.